The minimum atomic E-state index is -3.66. The average molecular weight is 470 g/mol. The zero-order valence-corrected chi connectivity index (χ0v) is 20.7. The van der Waals surface area contributed by atoms with Gasteiger partial charge in [0.15, 0.2) is 0 Å². The number of rotatable bonds is 6. The van der Waals surface area contributed by atoms with Gasteiger partial charge in [-0.3, -0.25) is 4.18 Å². The van der Waals surface area contributed by atoms with Gasteiger partial charge in [-0.25, -0.2) is 0 Å². The molecule has 5 unspecified atom stereocenters. The lowest BCUT2D eigenvalue weighted by atomic mass is 9.55. The Hall–Kier alpha value is -1.89. The molecular formula is C27H35NO4S. The van der Waals surface area contributed by atoms with Crippen LogP contribution < -0.4 is 4.74 Å². The lowest BCUT2D eigenvalue weighted by Crippen LogP contribution is -2.46. The van der Waals surface area contributed by atoms with Gasteiger partial charge in [0.2, 0.25) is 0 Å². The van der Waals surface area contributed by atoms with Crippen LogP contribution in [0.2, 0.25) is 0 Å². The summed E-state index contributed by atoms with van der Waals surface area (Å²) in [6, 6.07) is 16.9. The molecule has 0 amide bonds. The maximum atomic E-state index is 12.4. The largest absolute Gasteiger partial charge is 0.489 e. The van der Waals surface area contributed by atoms with E-state index < -0.39 is 10.3 Å². The fraction of sp³-hybridized carbons (Fsp3) is 0.556. The monoisotopic (exact) mass is 469 g/mol. The Balaban J connectivity index is 1.31. The molecule has 5 atom stereocenters. The predicted octanol–water partition coefficient (Wildman–Crippen LogP) is 5.31. The van der Waals surface area contributed by atoms with Crippen LogP contribution in [0.1, 0.15) is 61.6 Å². The van der Waals surface area contributed by atoms with Crippen LogP contribution >= 0.6 is 0 Å². The Morgan fingerprint density at radius 2 is 1.82 bits per heavy atom. The summed E-state index contributed by atoms with van der Waals surface area (Å²) in [5, 5.41) is 0. The number of nitrogens with zero attached hydrogens (tertiary/aromatic N) is 1. The van der Waals surface area contributed by atoms with E-state index in [2.05, 4.69) is 37.3 Å². The third-order valence-corrected chi connectivity index (χ3v) is 9.91. The first-order chi connectivity index (χ1) is 15.8. The second-order valence-electron chi connectivity index (χ2n) is 10.5. The number of benzene rings is 2. The second kappa shape index (κ2) is 8.71. The van der Waals surface area contributed by atoms with Crippen molar-refractivity contribution in [3.05, 3.63) is 65.2 Å². The SMILES string of the molecule is CN(C)S(=O)(=O)OC1CCC2C3CCc4cc(OCc5ccccc5)ccc4C3CCC12C. The minimum absolute atomic E-state index is 0.0690. The predicted molar refractivity (Wildman–Crippen MR) is 129 cm³/mol. The molecular weight excluding hydrogens is 434 g/mol. The molecule has 0 aliphatic heterocycles. The van der Waals surface area contributed by atoms with Crippen LogP contribution in [0.5, 0.6) is 5.75 Å². The first kappa shape index (κ1) is 22.9. The smallest absolute Gasteiger partial charge is 0.338 e. The van der Waals surface area contributed by atoms with Crippen molar-refractivity contribution >= 4 is 10.3 Å². The molecule has 3 aliphatic carbocycles. The van der Waals surface area contributed by atoms with E-state index in [0.29, 0.717) is 24.4 Å². The van der Waals surface area contributed by atoms with Gasteiger partial charge in [-0.2, -0.15) is 12.7 Å². The van der Waals surface area contributed by atoms with Crippen LogP contribution in [0, 0.1) is 17.3 Å². The highest BCUT2D eigenvalue weighted by Crippen LogP contribution is 2.61. The Labute approximate surface area is 198 Å². The fourth-order valence-electron chi connectivity index (χ4n) is 6.73. The quantitative estimate of drug-likeness (QED) is 0.575. The molecule has 0 N–H and O–H groups in total. The van der Waals surface area contributed by atoms with Crippen LogP contribution in [-0.2, 0) is 27.5 Å². The first-order valence-corrected chi connectivity index (χ1v) is 13.5. The average Bonchev–Trinajstić information content (AvgIpc) is 3.13. The normalized spacial score (nSPS) is 31.0. The number of ether oxygens (including phenoxy) is 1. The van der Waals surface area contributed by atoms with E-state index in [-0.39, 0.29) is 11.5 Å². The van der Waals surface area contributed by atoms with Gasteiger partial charge in [-0.1, -0.05) is 43.3 Å². The molecule has 5 nitrogen and oxygen atoms in total. The highest BCUT2D eigenvalue weighted by molar-refractivity contribution is 7.84. The van der Waals surface area contributed by atoms with Crippen LogP contribution in [-0.4, -0.2) is 32.9 Å². The Kier molecular flexibility index (Phi) is 6.04. The van der Waals surface area contributed by atoms with Gasteiger partial charge in [0.1, 0.15) is 12.4 Å². The van der Waals surface area contributed by atoms with E-state index in [1.807, 2.05) is 18.2 Å². The van der Waals surface area contributed by atoms with Crippen molar-refractivity contribution in [1.29, 1.82) is 0 Å². The minimum Gasteiger partial charge on any atom is -0.489 e. The summed E-state index contributed by atoms with van der Waals surface area (Å²) < 4.78 is 37.8. The third kappa shape index (κ3) is 4.22. The molecule has 0 radical (unpaired) electrons. The molecule has 0 spiro atoms. The van der Waals surface area contributed by atoms with Crippen molar-refractivity contribution in [2.45, 2.75) is 64.1 Å². The number of aryl methyl sites for hydroxylation is 1. The molecule has 6 heteroatoms. The number of fused-ring (bicyclic) bond motifs is 5. The van der Waals surface area contributed by atoms with Gasteiger partial charge < -0.3 is 4.74 Å². The van der Waals surface area contributed by atoms with Gasteiger partial charge in [0, 0.05) is 14.1 Å². The molecule has 2 saturated carbocycles. The van der Waals surface area contributed by atoms with E-state index in [1.165, 1.54) is 35.1 Å². The van der Waals surface area contributed by atoms with Crippen LogP contribution in [0.4, 0.5) is 0 Å². The Morgan fingerprint density at radius 3 is 2.58 bits per heavy atom. The summed E-state index contributed by atoms with van der Waals surface area (Å²) in [5.41, 5.74) is 4.01. The standard InChI is InChI=1S/C27H35NO4S/c1-27-16-15-23-22-12-10-21(31-18-19-7-5-4-6-8-19)17-20(22)9-11-24(23)25(27)13-14-26(27)32-33(29,30)28(2)3/h4-8,10,12,17,23-26H,9,11,13-16,18H2,1-3H3. The van der Waals surface area contributed by atoms with Crippen molar-refractivity contribution in [3.63, 3.8) is 0 Å². The van der Waals surface area contributed by atoms with Gasteiger partial charge in [0.05, 0.1) is 6.10 Å². The third-order valence-electron chi connectivity index (χ3n) is 8.54. The van der Waals surface area contributed by atoms with Crippen LogP contribution in [0.25, 0.3) is 0 Å². The van der Waals surface area contributed by atoms with Crippen LogP contribution in [0.3, 0.4) is 0 Å². The van der Waals surface area contributed by atoms with E-state index in [1.54, 1.807) is 0 Å². The highest BCUT2D eigenvalue weighted by atomic mass is 32.2. The second-order valence-corrected chi connectivity index (χ2v) is 12.3. The van der Waals surface area contributed by atoms with Gasteiger partial charge in [-0.15, -0.1) is 0 Å². The Bertz CT molecular complexity index is 1100. The molecule has 5 rings (SSSR count). The molecule has 3 aliphatic rings. The summed E-state index contributed by atoms with van der Waals surface area (Å²) in [7, 11) is -0.582. The molecule has 33 heavy (non-hydrogen) atoms. The Morgan fingerprint density at radius 1 is 1.03 bits per heavy atom. The molecule has 0 heterocycles. The summed E-state index contributed by atoms with van der Waals surface area (Å²) >= 11 is 0. The van der Waals surface area contributed by atoms with Crippen molar-refractivity contribution in [2.75, 3.05) is 14.1 Å². The maximum absolute atomic E-state index is 12.4. The summed E-state index contributed by atoms with van der Waals surface area (Å²) in [4.78, 5) is 0. The van der Waals surface area contributed by atoms with E-state index in [4.69, 9.17) is 8.92 Å². The van der Waals surface area contributed by atoms with Crippen molar-refractivity contribution < 1.29 is 17.3 Å². The lowest BCUT2D eigenvalue weighted by molar-refractivity contribution is -0.0103. The maximum Gasteiger partial charge on any atom is 0.338 e. The molecule has 0 aromatic heterocycles. The number of hydrogen-bond acceptors (Lipinski definition) is 4. The lowest BCUT2D eigenvalue weighted by Gasteiger charge is -2.50. The molecule has 2 aromatic rings. The van der Waals surface area contributed by atoms with Crippen molar-refractivity contribution in [2.24, 2.45) is 17.3 Å². The van der Waals surface area contributed by atoms with E-state index >= 15 is 0 Å². The van der Waals surface area contributed by atoms with Gasteiger partial charge >= 0.3 is 10.3 Å². The summed E-state index contributed by atoms with van der Waals surface area (Å²) in [5.74, 6) is 2.61. The van der Waals surface area contributed by atoms with Crippen molar-refractivity contribution in [3.8, 4) is 5.75 Å². The van der Waals surface area contributed by atoms with E-state index in [0.717, 1.165) is 44.3 Å². The summed E-state index contributed by atoms with van der Waals surface area (Å²) in [6.07, 6.45) is 6.00. The zero-order valence-electron chi connectivity index (χ0n) is 19.9. The summed E-state index contributed by atoms with van der Waals surface area (Å²) in [6.45, 7) is 2.86. The molecule has 2 aromatic carbocycles. The molecule has 0 bridgehead atoms. The highest BCUT2D eigenvalue weighted by Gasteiger charge is 2.56. The molecule has 178 valence electrons. The van der Waals surface area contributed by atoms with Gasteiger partial charge in [0.25, 0.3) is 0 Å². The zero-order chi connectivity index (χ0) is 23.2. The molecule has 2 fully saturated rings. The van der Waals surface area contributed by atoms with Crippen molar-refractivity contribution in [1.82, 2.24) is 4.31 Å². The fourth-order valence-corrected chi connectivity index (χ4v) is 7.51. The number of hydrogen-bond donors (Lipinski definition) is 0. The van der Waals surface area contributed by atoms with E-state index in [9.17, 15) is 8.42 Å². The van der Waals surface area contributed by atoms with Crippen LogP contribution in [0.15, 0.2) is 48.5 Å². The van der Waals surface area contributed by atoms with Gasteiger partial charge in [-0.05, 0) is 90.5 Å². The topological polar surface area (TPSA) is 55.8 Å². The first-order valence-electron chi connectivity index (χ1n) is 12.2. The molecule has 0 saturated heterocycles.